The van der Waals surface area contributed by atoms with Crippen molar-refractivity contribution in [1.29, 1.82) is 0 Å². The van der Waals surface area contributed by atoms with Crippen LogP contribution in [0.2, 0.25) is 0 Å². The quantitative estimate of drug-likeness (QED) is 0.152. The lowest BCUT2D eigenvalue weighted by Crippen LogP contribution is -2.46. The molecule has 10 nitrogen and oxygen atoms in total. The second kappa shape index (κ2) is 13.9. The minimum absolute atomic E-state index is 0.0485. The summed E-state index contributed by atoms with van der Waals surface area (Å²) in [5.41, 5.74) is 10.3. The first-order valence-electron chi connectivity index (χ1n) is 11.4. The molecule has 1 aromatic rings. The number of ether oxygens (including phenoxy) is 2. The summed E-state index contributed by atoms with van der Waals surface area (Å²) in [6, 6.07) is 6.01. The van der Waals surface area contributed by atoms with Crippen LogP contribution in [0.25, 0.3) is 0 Å². The van der Waals surface area contributed by atoms with Crippen molar-refractivity contribution < 1.29 is 27.5 Å². The minimum Gasteiger partial charge on any atom is -0.494 e. The number of benzene rings is 1. The largest absolute Gasteiger partial charge is 0.494 e. The van der Waals surface area contributed by atoms with Crippen molar-refractivity contribution in [2.75, 3.05) is 12.4 Å². The van der Waals surface area contributed by atoms with E-state index in [1.165, 1.54) is 0 Å². The molecule has 1 amide bonds. The van der Waals surface area contributed by atoms with Crippen molar-refractivity contribution in [3.05, 3.63) is 29.8 Å². The van der Waals surface area contributed by atoms with Gasteiger partial charge in [-0.2, -0.15) is 4.99 Å². The van der Waals surface area contributed by atoms with E-state index in [1.54, 1.807) is 45.0 Å². The second-order valence-corrected chi connectivity index (χ2v) is 10.8. The topological polar surface area (TPSA) is 163 Å². The van der Waals surface area contributed by atoms with Crippen LogP contribution in [0, 0.1) is 0 Å². The van der Waals surface area contributed by atoms with Crippen molar-refractivity contribution in [1.82, 2.24) is 4.72 Å². The highest BCUT2D eigenvalue weighted by Gasteiger charge is 2.29. The monoisotopic (exact) mass is 498 g/mol. The van der Waals surface area contributed by atoms with E-state index < -0.39 is 27.6 Å². The van der Waals surface area contributed by atoms with Crippen LogP contribution in [0.3, 0.4) is 0 Å². The first kappa shape index (κ1) is 29.4. The van der Waals surface area contributed by atoms with Gasteiger partial charge < -0.3 is 20.9 Å². The Morgan fingerprint density at radius 2 is 1.74 bits per heavy atom. The predicted molar refractivity (Wildman–Crippen MR) is 132 cm³/mol. The summed E-state index contributed by atoms with van der Waals surface area (Å²) in [7, 11) is -3.62. The molecule has 0 aromatic heterocycles. The van der Waals surface area contributed by atoms with E-state index in [0.29, 0.717) is 31.6 Å². The van der Waals surface area contributed by atoms with E-state index in [4.69, 9.17) is 20.9 Å². The summed E-state index contributed by atoms with van der Waals surface area (Å²) in [5, 5.41) is 0. The molecule has 11 heteroatoms. The number of nitrogens with two attached hydrogens (primary N) is 2. The molecule has 0 spiro atoms. The Hall–Kier alpha value is -2.66. The Morgan fingerprint density at radius 3 is 2.29 bits per heavy atom. The fourth-order valence-corrected chi connectivity index (χ4v) is 4.28. The maximum atomic E-state index is 12.7. The molecule has 0 heterocycles. The highest BCUT2D eigenvalue weighted by Crippen LogP contribution is 2.17. The van der Waals surface area contributed by atoms with Gasteiger partial charge in [0.1, 0.15) is 17.4 Å². The fraction of sp³-hybridized carbons (Fsp3) is 0.609. The van der Waals surface area contributed by atoms with Crippen LogP contribution in [0.5, 0.6) is 5.75 Å². The van der Waals surface area contributed by atoms with Crippen LogP contribution < -0.4 is 20.9 Å². The van der Waals surface area contributed by atoms with Crippen molar-refractivity contribution in [3.63, 3.8) is 0 Å². The molecule has 34 heavy (non-hydrogen) atoms. The van der Waals surface area contributed by atoms with E-state index >= 15 is 0 Å². The maximum Gasteiger partial charge on any atom is 0.325 e. The zero-order valence-electron chi connectivity index (χ0n) is 20.5. The number of esters is 1. The van der Waals surface area contributed by atoms with Crippen LogP contribution in [0.4, 0.5) is 0 Å². The second-order valence-electron chi connectivity index (χ2n) is 8.96. The molecule has 0 saturated carbocycles. The lowest BCUT2D eigenvalue weighted by atomic mass is 10.1. The van der Waals surface area contributed by atoms with Gasteiger partial charge in [-0.1, -0.05) is 25.5 Å². The number of guanidine groups is 1. The molecule has 192 valence electrons. The molecule has 5 N–H and O–H groups in total. The molecular weight excluding hydrogens is 460 g/mol. The standard InChI is InChI=1S/C23H38N4O6S/c1-5-6-15-34(30,31)27-19(21(29)33-23(2,3)4)16-17-10-12-18(13-11-17)32-14-8-7-9-20(28)26-22(24)25/h10-13,19,27H,5-9,14-16H2,1-4H3,(H4,24,25,26,28)/t19-/m0/s1. The first-order valence-corrected chi connectivity index (χ1v) is 13.0. The molecule has 1 aromatic carbocycles. The van der Waals surface area contributed by atoms with E-state index in [2.05, 4.69) is 9.71 Å². The lowest BCUT2D eigenvalue weighted by molar-refractivity contribution is -0.156. The van der Waals surface area contributed by atoms with Gasteiger partial charge in [0.2, 0.25) is 15.9 Å². The third-order valence-electron chi connectivity index (χ3n) is 4.45. The number of nitrogens with zero attached hydrogens (tertiary/aromatic N) is 1. The fourth-order valence-electron chi connectivity index (χ4n) is 2.88. The van der Waals surface area contributed by atoms with E-state index in [9.17, 15) is 18.0 Å². The van der Waals surface area contributed by atoms with Crippen LogP contribution in [-0.2, 0) is 30.8 Å². The molecule has 0 fully saturated rings. The van der Waals surface area contributed by atoms with Crippen molar-refractivity contribution in [2.24, 2.45) is 16.5 Å². The highest BCUT2D eigenvalue weighted by atomic mass is 32.2. The number of carbonyl (C=O) groups excluding carboxylic acids is 2. The first-order chi connectivity index (χ1) is 15.8. The third kappa shape index (κ3) is 13.1. The zero-order chi connectivity index (χ0) is 25.8. The van der Waals surface area contributed by atoms with E-state index in [0.717, 1.165) is 12.0 Å². The zero-order valence-corrected chi connectivity index (χ0v) is 21.3. The Balaban J connectivity index is 2.69. The third-order valence-corrected chi connectivity index (χ3v) is 5.92. The number of nitrogens with one attached hydrogen (secondary N) is 1. The average molecular weight is 499 g/mol. The molecule has 0 radical (unpaired) electrons. The number of amides is 1. The van der Waals surface area contributed by atoms with Gasteiger partial charge in [0.25, 0.3) is 0 Å². The Labute approximate surface area is 202 Å². The summed E-state index contributed by atoms with van der Waals surface area (Å²) >= 11 is 0. The van der Waals surface area contributed by atoms with Crippen molar-refractivity contribution in [3.8, 4) is 5.75 Å². The van der Waals surface area contributed by atoms with Crippen molar-refractivity contribution in [2.45, 2.75) is 77.9 Å². The molecule has 0 unspecified atom stereocenters. The van der Waals surface area contributed by atoms with Gasteiger partial charge >= 0.3 is 5.97 Å². The highest BCUT2D eigenvalue weighted by molar-refractivity contribution is 7.89. The van der Waals surface area contributed by atoms with Crippen LogP contribution in [0.15, 0.2) is 29.3 Å². The molecule has 0 bridgehead atoms. The molecule has 0 aliphatic carbocycles. The van der Waals surface area contributed by atoms with Gasteiger partial charge in [0, 0.05) is 6.42 Å². The number of hydrogen-bond acceptors (Lipinski definition) is 6. The average Bonchev–Trinajstić information content (AvgIpc) is 2.71. The van der Waals surface area contributed by atoms with Gasteiger partial charge in [-0.25, -0.2) is 13.1 Å². The number of rotatable bonds is 14. The van der Waals surface area contributed by atoms with Gasteiger partial charge in [-0.3, -0.25) is 9.59 Å². The number of sulfonamides is 1. The smallest absolute Gasteiger partial charge is 0.325 e. The van der Waals surface area contributed by atoms with Crippen molar-refractivity contribution >= 4 is 27.9 Å². The van der Waals surface area contributed by atoms with Gasteiger partial charge in [-0.15, -0.1) is 0 Å². The predicted octanol–water partition coefficient (Wildman–Crippen LogP) is 2.01. The van der Waals surface area contributed by atoms with Gasteiger partial charge in [-0.05, 0) is 64.2 Å². The number of carbonyl (C=O) groups is 2. The SMILES string of the molecule is CCCCS(=O)(=O)N[C@@H](Cc1ccc(OCCCCC(=O)N=C(N)N)cc1)C(=O)OC(C)(C)C. The molecule has 0 saturated heterocycles. The molecule has 0 aliphatic rings. The Morgan fingerprint density at radius 1 is 1.09 bits per heavy atom. The van der Waals surface area contributed by atoms with Crippen LogP contribution >= 0.6 is 0 Å². The Bertz CT molecular complexity index is 920. The number of hydrogen-bond donors (Lipinski definition) is 3. The molecule has 0 aliphatic heterocycles. The lowest BCUT2D eigenvalue weighted by Gasteiger charge is -2.24. The normalized spacial score (nSPS) is 12.6. The minimum atomic E-state index is -3.62. The van der Waals surface area contributed by atoms with Crippen LogP contribution in [0.1, 0.15) is 65.4 Å². The van der Waals surface area contributed by atoms with Crippen LogP contribution in [-0.4, -0.2) is 50.3 Å². The van der Waals surface area contributed by atoms with Gasteiger partial charge in [0.15, 0.2) is 5.96 Å². The summed E-state index contributed by atoms with van der Waals surface area (Å²) in [6.07, 6.45) is 2.85. The number of aliphatic imine (C=N–C) groups is 1. The summed E-state index contributed by atoms with van der Waals surface area (Å²) < 4.78 is 38.4. The summed E-state index contributed by atoms with van der Waals surface area (Å²) in [4.78, 5) is 27.5. The molecule has 1 atom stereocenters. The van der Waals surface area contributed by atoms with E-state index in [-0.39, 0.29) is 30.5 Å². The molecule has 1 rings (SSSR count). The Kier molecular flexibility index (Phi) is 12.0. The maximum absolute atomic E-state index is 12.7. The number of unbranched alkanes of at least 4 members (excludes halogenated alkanes) is 2. The summed E-state index contributed by atoms with van der Waals surface area (Å²) in [6.45, 7) is 7.51. The van der Waals surface area contributed by atoms with E-state index in [1.807, 2.05) is 6.92 Å². The molecular formula is C23H38N4O6S. The van der Waals surface area contributed by atoms with Gasteiger partial charge in [0.05, 0.1) is 12.4 Å². The summed E-state index contributed by atoms with van der Waals surface area (Å²) in [5.74, 6) is -0.661.